The van der Waals surface area contributed by atoms with Gasteiger partial charge in [0.1, 0.15) is 0 Å². The van der Waals surface area contributed by atoms with E-state index in [9.17, 15) is 0 Å². The Hall–Kier alpha value is -2.49. The zero-order valence-electron chi connectivity index (χ0n) is 10.3. The van der Waals surface area contributed by atoms with Crippen LogP contribution in [0, 0.1) is 0 Å². The van der Waals surface area contributed by atoms with Gasteiger partial charge in [-0.1, -0.05) is 34.6 Å². The van der Waals surface area contributed by atoms with E-state index in [1.807, 2.05) is 36.8 Å². The molecule has 19 heavy (non-hydrogen) atoms. The van der Waals surface area contributed by atoms with Crippen molar-refractivity contribution >= 4 is 23.1 Å². The fourth-order valence-corrected chi connectivity index (χ4v) is 2.22. The number of hydrogen-bond acceptors (Lipinski definition) is 3. The molecule has 3 aromatic heterocycles. The van der Waals surface area contributed by atoms with Crippen LogP contribution in [0.5, 0.6) is 0 Å². The molecule has 0 aliphatic carbocycles. The summed E-state index contributed by atoms with van der Waals surface area (Å²) < 4.78 is 0. The summed E-state index contributed by atoms with van der Waals surface area (Å²) >= 11 is 0. The van der Waals surface area contributed by atoms with Crippen LogP contribution in [-0.4, -0.2) is 21.7 Å². The van der Waals surface area contributed by atoms with Crippen LogP contribution in [0.2, 0.25) is 0 Å². The van der Waals surface area contributed by atoms with Gasteiger partial charge >= 0.3 is 0 Å². The smallest absolute Gasteiger partial charge is 0.247 e. The Bertz CT molecular complexity index is 535. The van der Waals surface area contributed by atoms with Gasteiger partial charge in [-0.2, -0.15) is 0 Å². The largest absolute Gasteiger partial charge is 0.265 e. The molecule has 0 saturated heterocycles. The topological polar surface area (TPSA) is 38.7 Å². The van der Waals surface area contributed by atoms with Crippen LogP contribution >= 0.6 is 0 Å². The van der Waals surface area contributed by atoms with E-state index in [0.717, 1.165) is 16.4 Å². The lowest BCUT2D eigenvalue weighted by atomic mass is 9.37. The maximum absolute atomic E-state index is 4.22. The average molecular weight is 245 g/mol. The van der Waals surface area contributed by atoms with Crippen molar-refractivity contribution in [2.45, 2.75) is 0 Å². The fourth-order valence-electron chi connectivity index (χ4n) is 2.22. The average Bonchev–Trinajstić information content (AvgIpc) is 2.51. The summed E-state index contributed by atoms with van der Waals surface area (Å²) in [5, 5.41) is 0. The van der Waals surface area contributed by atoms with Gasteiger partial charge in [-0.25, -0.2) is 0 Å². The summed E-state index contributed by atoms with van der Waals surface area (Å²) in [6.45, 7) is 0.121. The molecule has 0 atom stereocenters. The number of rotatable bonds is 3. The minimum absolute atomic E-state index is 0.121. The second-order valence-electron chi connectivity index (χ2n) is 4.29. The first-order chi connectivity index (χ1) is 9.45. The normalized spacial score (nSPS) is 10.1. The monoisotopic (exact) mass is 245 g/mol. The molecule has 0 aliphatic rings. The first kappa shape index (κ1) is 11.6. The number of hydrogen-bond donors (Lipinski definition) is 0. The van der Waals surface area contributed by atoms with Crippen LogP contribution in [0.3, 0.4) is 0 Å². The van der Waals surface area contributed by atoms with Crippen molar-refractivity contribution in [1.82, 2.24) is 15.0 Å². The SMILES string of the molecule is c1cncc(B(c2cccnc2)c2cccnc2)c1. The third-order valence-electron chi connectivity index (χ3n) is 3.05. The lowest BCUT2D eigenvalue weighted by molar-refractivity contribution is 1.33. The molecule has 0 bridgehead atoms. The van der Waals surface area contributed by atoms with Gasteiger partial charge in [0.25, 0.3) is 0 Å². The number of aromatic nitrogens is 3. The summed E-state index contributed by atoms with van der Waals surface area (Å²) in [6.07, 6.45) is 11.0. The summed E-state index contributed by atoms with van der Waals surface area (Å²) in [4.78, 5) is 12.6. The third-order valence-corrected chi connectivity index (χ3v) is 3.05. The van der Waals surface area contributed by atoms with Crippen molar-refractivity contribution in [1.29, 1.82) is 0 Å². The van der Waals surface area contributed by atoms with Crippen LogP contribution in [-0.2, 0) is 0 Å². The molecule has 0 unspecified atom stereocenters. The predicted octanol–water partition coefficient (Wildman–Crippen LogP) is 0.388. The van der Waals surface area contributed by atoms with Gasteiger partial charge < -0.3 is 0 Å². The lowest BCUT2D eigenvalue weighted by Gasteiger charge is -2.13. The van der Waals surface area contributed by atoms with Crippen molar-refractivity contribution in [2.75, 3.05) is 0 Å². The highest BCUT2D eigenvalue weighted by Gasteiger charge is 2.21. The maximum atomic E-state index is 4.22. The molecule has 0 aromatic carbocycles. The van der Waals surface area contributed by atoms with E-state index in [2.05, 4.69) is 33.2 Å². The predicted molar refractivity (Wildman–Crippen MR) is 77.4 cm³/mol. The number of nitrogens with zero attached hydrogens (tertiary/aromatic N) is 3. The van der Waals surface area contributed by atoms with E-state index >= 15 is 0 Å². The van der Waals surface area contributed by atoms with Crippen molar-refractivity contribution < 1.29 is 0 Å². The first-order valence-electron chi connectivity index (χ1n) is 6.15. The van der Waals surface area contributed by atoms with Crippen molar-refractivity contribution in [2.24, 2.45) is 0 Å². The van der Waals surface area contributed by atoms with E-state index in [0.29, 0.717) is 0 Å². The Morgan fingerprint density at radius 2 is 0.947 bits per heavy atom. The molecule has 0 amide bonds. The zero-order valence-corrected chi connectivity index (χ0v) is 10.3. The van der Waals surface area contributed by atoms with Gasteiger partial charge in [0.05, 0.1) is 0 Å². The molecule has 0 spiro atoms. The van der Waals surface area contributed by atoms with E-state index in [1.165, 1.54) is 0 Å². The minimum atomic E-state index is 0.121. The molecular formula is C15H12BN3. The van der Waals surface area contributed by atoms with Crippen LogP contribution in [0.15, 0.2) is 73.6 Å². The van der Waals surface area contributed by atoms with Gasteiger partial charge in [-0.15, -0.1) is 0 Å². The van der Waals surface area contributed by atoms with Crippen LogP contribution < -0.4 is 16.4 Å². The molecule has 3 heterocycles. The molecule has 3 nitrogen and oxygen atoms in total. The molecule has 3 rings (SSSR count). The van der Waals surface area contributed by atoms with Crippen LogP contribution in [0.25, 0.3) is 0 Å². The summed E-state index contributed by atoms with van der Waals surface area (Å²) in [5.41, 5.74) is 3.43. The van der Waals surface area contributed by atoms with Gasteiger partial charge in [0.2, 0.25) is 6.71 Å². The highest BCUT2D eigenvalue weighted by atomic mass is 14.6. The van der Waals surface area contributed by atoms with Crippen LogP contribution in [0.1, 0.15) is 0 Å². The van der Waals surface area contributed by atoms with Crippen molar-refractivity contribution in [3.8, 4) is 0 Å². The summed E-state index contributed by atoms with van der Waals surface area (Å²) in [5.74, 6) is 0. The lowest BCUT2D eigenvalue weighted by Crippen LogP contribution is -2.52. The first-order valence-corrected chi connectivity index (χ1v) is 6.15. The second-order valence-corrected chi connectivity index (χ2v) is 4.29. The van der Waals surface area contributed by atoms with Crippen molar-refractivity contribution in [3.05, 3.63) is 73.6 Å². The summed E-state index contributed by atoms with van der Waals surface area (Å²) in [6, 6.07) is 12.1. The zero-order chi connectivity index (χ0) is 12.9. The quantitative estimate of drug-likeness (QED) is 0.626. The molecule has 0 radical (unpaired) electrons. The molecule has 0 N–H and O–H groups in total. The third kappa shape index (κ3) is 2.52. The van der Waals surface area contributed by atoms with Gasteiger partial charge in [0.15, 0.2) is 0 Å². The molecule has 0 fully saturated rings. The van der Waals surface area contributed by atoms with Crippen LogP contribution in [0.4, 0.5) is 0 Å². The Morgan fingerprint density at radius 3 is 1.21 bits per heavy atom. The van der Waals surface area contributed by atoms with Gasteiger partial charge in [0, 0.05) is 37.2 Å². The Kier molecular flexibility index (Phi) is 3.32. The molecule has 4 heteroatoms. The van der Waals surface area contributed by atoms with E-state index < -0.39 is 0 Å². The Morgan fingerprint density at radius 1 is 0.579 bits per heavy atom. The van der Waals surface area contributed by atoms with Gasteiger partial charge in [-0.3, -0.25) is 15.0 Å². The molecule has 90 valence electrons. The van der Waals surface area contributed by atoms with Crippen molar-refractivity contribution in [3.63, 3.8) is 0 Å². The minimum Gasteiger partial charge on any atom is -0.265 e. The highest BCUT2D eigenvalue weighted by Crippen LogP contribution is 1.91. The van der Waals surface area contributed by atoms with E-state index in [1.54, 1.807) is 18.6 Å². The van der Waals surface area contributed by atoms with E-state index in [-0.39, 0.29) is 6.71 Å². The maximum Gasteiger partial charge on any atom is 0.247 e. The standard InChI is InChI=1S/C15H12BN3/c1-4-13(10-17-7-1)16(14-5-2-8-18-11-14)15-6-3-9-19-12-15/h1-12H. The molecule has 0 saturated carbocycles. The van der Waals surface area contributed by atoms with Gasteiger partial charge in [-0.05, 0) is 18.2 Å². The Balaban J connectivity index is 2.12. The highest BCUT2D eigenvalue weighted by molar-refractivity contribution is 6.95. The molecule has 3 aromatic rings. The second kappa shape index (κ2) is 5.44. The number of pyridine rings is 3. The van der Waals surface area contributed by atoms with E-state index in [4.69, 9.17) is 0 Å². The summed E-state index contributed by atoms with van der Waals surface area (Å²) in [7, 11) is 0. The molecule has 0 aliphatic heterocycles. The molecular weight excluding hydrogens is 233 g/mol. The fraction of sp³-hybridized carbons (Fsp3) is 0. The Labute approximate surface area is 112 Å².